The van der Waals surface area contributed by atoms with Gasteiger partial charge in [0.25, 0.3) is 11.8 Å². The van der Waals surface area contributed by atoms with Gasteiger partial charge < -0.3 is 0 Å². The van der Waals surface area contributed by atoms with Crippen LogP contribution in [-0.4, -0.2) is 28.5 Å². The van der Waals surface area contributed by atoms with Gasteiger partial charge in [-0.15, -0.1) is 11.8 Å². The number of carbonyl (C=O) groups is 2. The average molecular weight is 347 g/mol. The van der Waals surface area contributed by atoms with Gasteiger partial charge in [0, 0.05) is 16.7 Å². The number of benzene rings is 3. The van der Waals surface area contributed by atoms with E-state index in [9.17, 15) is 9.59 Å². The number of hydrogen-bond acceptors (Lipinski definition) is 3. The molecule has 4 heteroatoms. The molecule has 0 bridgehead atoms. The summed E-state index contributed by atoms with van der Waals surface area (Å²) in [7, 11) is 0. The molecule has 0 aliphatic carbocycles. The lowest BCUT2D eigenvalue weighted by molar-refractivity contribution is 0.0656. The van der Waals surface area contributed by atoms with Crippen molar-refractivity contribution in [2.45, 2.75) is 17.1 Å². The summed E-state index contributed by atoms with van der Waals surface area (Å²) < 4.78 is 0. The molecule has 1 atom stereocenters. The maximum atomic E-state index is 12.5. The minimum Gasteiger partial charge on any atom is -0.273 e. The Morgan fingerprint density at radius 2 is 1.44 bits per heavy atom. The number of imide groups is 1. The van der Waals surface area contributed by atoms with Crippen molar-refractivity contribution in [3.63, 3.8) is 0 Å². The average Bonchev–Trinajstić information content (AvgIpc) is 2.87. The second kappa shape index (κ2) is 6.37. The molecule has 0 spiro atoms. The smallest absolute Gasteiger partial charge is 0.261 e. The zero-order valence-corrected chi connectivity index (χ0v) is 14.6. The maximum Gasteiger partial charge on any atom is 0.261 e. The highest BCUT2D eigenvalue weighted by molar-refractivity contribution is 8.00. The van der Waals surface area contributed by atoms with Crippen LogP contribution in [0.25, 0.3) is 10.8 Å². The lowest BCUT2D eigenvalue weighted by atomic mass is 10.1. The molecule has 0 fully saturated rings. The largest absolute Gasteiger partial charge is 0.273 e. The van der Waals surface area contributed by atoms with E-state index in [4.69, 9.17) is 0 Å². The third-order valence-corrected chi connectivity index (χ3v) is 5.45. The van der Waals surface area contributed by atoms with Crippen LogP contribution in [0.15, 0.2) is 71.6 Å². The van der Waals surface area contributed by atoms with Gasteiger partial charge in [-0.1, -0.05) is 49.4 Å². The van der Waals surface area contributed by atoms with Crippen LogP contribution < -0.4 is 0 Å². The fraction of sp³-hybridized carbons (Fsp3) is 0.143. The van der Waals surface area contributed by atoms with E-state index in [0.717, 1.165) is 4.90 Å². The molecule has 0 radical (unpaired) electrons. The monoisotopic (exact) mass is 347 g/mol. The SMILES string of the molecule is CC(CN1C(=O)c2ccccc2C1=O)Sc1ccc2ccccc2c1. The van der Waals surface area contributed by atoms with E-state index in [1.54, 1.807) is 36.0 Å². The number of nitrogens with zero attached hydrogens (tertiary/aromatic N) is 1. The van der Waals surface area contributed by atoms with Gasteiger partial charge >= 0.3 is 0 Å². The predicted molar refractivity (Wildman–Crippen MR) is 101 cm³/mol. The van der Waals surface area contributed by atoms with Crippen molar-refractivity contribution in [3.05, 3.63) is 77.9 Å². The van der Waals surface area contributed by atoms with Gasteiger partial charge in [0.2, 0.25) is 0 Å². The Balaban J connectivity index is 1.49. The van der Waals surface area contributed by atoms with E-state index in [1.165, 1.54) is 15.7 Å². The first-order valence-electron chi connectivity index (χ1n) is 8.24. The minimum atomic E-state index is -0.188. The Labute approximate surface area is 150 Å². The molecule has 1 unspecified atom stereocenters. The summed E-state index contributed by atoms with van der Waals surface area (Å²) in [5, 5.41) is 2.52. The lowest BCUT2D eigenvalue weighted by Gasteiger charge is -2.19. The number of amides is 2. The van der Waals surface area contributed by atoms with Crippen molar-refractivity contribution in [3.8, 4) is 0 Å². The lowest BCUT2D eigenvalue weighted by Crippen LogP contribution is -2.34. The molecule has 3 aromatic rings. The van der Waals surface area contributed by atoms with Crippen LogP contribution in [0.5, 0.6) is 0 Å². The summed E-state index contributed by atoms with van der Waals surface area (Å²) in [5.74, 6) is -0.377. The Bertz CT molecular complexity index is 947. The van der Waals surface area contributed by atoms with E-state index in [-0.39, 0.29) is 17.1 Å². The quantitative estimate of drug-likeness (QED) is 0.511. The summed E-state index contributed by atoms with van der Waals surface area (Å²) in [6.07, 6.45) is 0. The Kier molecular flexibility index (Phi) is 4.06. The fourth-order valence-corrected chi connectivity index (χ4v) is 4.20. The van der Waals surface area contributed by atoms with E-state index < -0.39 is 0 Å². The van der Waals surface area contributed by atoms with Crippen molar-refractivity contribution >= 4 is 34.3 Å². The van der Waals surface area contributed by atoms with Crippen molar-refractivity contribution in [2.75, 3.05) is 6.54 Å². The van der Waals surface area contributed by atoms with E-state index in [1.807, 2.05) is 19.1 Å². The number of thioether (sulfide) groups is 1. The molecule has 124 valence electrons. The third kappa shape index (κ3) is 2.94. The van der Waals surface area contributed by atoms with E-state index >= 15 is 0 Å². The minimum absolute atomic E-state index is 0.114. The molecule has 1 heterocycles. The highest BCUT2D eigenvalue weighted by Crippen LogP contribution is 2.29. The van der Waals surface area contributed by atoms with Crippen LogP contribution in [0.4, 0.5) is 0 Å². The van der Waals surface area contributed by atoms with Crippen molar-refractivity contribution in [2.24, 2.45) is 0 Å². The summed E-state index contributed by atoms with van der Waals surface area (Å²) in [6, 6.07) is 21.6. The van der Waals surface area contributed by atoms with Crippen LogP contribution >= 0.6 is 11.8 Å². The molecule has 2 amide bonds. The first-order chi connectivity index (χ1) is 12.1. The third-order valence-electron chi connectivity index (χ3n) is 4.38. The van der Waals surface area contributed by atoms with Gasteiger partial charge in [-0.2, -0.15) is 0 Å². The highest BCUT2D eigenvalue weighted by Gasteiger charge is 2.35. The number of fused-ring (bicyclic) bond motifs is 2. The summed E-state index contributed by atoms with van der Waals surface area (Å²) in [5.41, 5.74) is 1.02. The zero-order valence-electron chi connectivity index (χ0n) is 13.8. The molecule has 0 saturated carbocycles. The van der Waals surface area contributed by atoms with Crippen molar-refractivity contribution in [1.29, 1.82) is 0 Å². The Hall–Kier alpha value is -2.59. The first-order valence-corrected chi connectivity index (χ1v) is 9.12. The molecule has 3 nitrogen and oxygen atoms in total. The second-order valence-electron chi connectivity index (χ2n) is 6.20. The molecule has 1 aliphatic rings. The van der Waals surface area contributed by atoms with Crippen LogP contribution in [0.3, 0.4) is 0 Å². The van der Waals surface area contributed by atoms with Crippen LogP contribution in [0.2, 0.25) is 0 Å². The van der Waals surface area contributed by atoms with Gasteiger partial charge in [-0.05, 0) is 35.0 Å². The topological polar surface area (TPSA) is 37.4 Å². The molecule has 3 aromatic carbocycles. The van der Waals surface area contributed by atoms with Crippen LogP contribution in [-0.2, 0) is 0 Å². The number of rotatable bonds is 4. The van der Waals surface area contributed by atoms with Crippen molar-refractivity contribution in [1.82, 2.24) is 4.90 Å². The van der Waals surface area contributed by atoms with Crippen molar-refractivity contribution < 1.29 is 9.59 Å². The Morgan fingerprint density at radius 1 is 0.840 bits per heavy atom. The molecule has 25 heavy (non-hydrogen) atoms. The highest BCUT2D eigenvalue weighted by atomic mass is 32.2. The summed E-state index contributed by atoms with van der Waals surface area (Å²) in [4.78, 5) is 27.4. The second-order valence-corrected chi connectivity index (χ2v) is 7.72. The molecular formula is C21H17NO2S. The van der Waals surface area contributed by atoms with Crippen LogP contribution in [0.1, 0.15) is 27.6 Å². The summed E-state index contributed by atoms with van der Waals surface area (Å²) in [6.45, 7) is 2.45. The van der Waals surface area contributed by atoms with Gasteiger partial charge in [-0.3, -0.25) is 14.5 Å². The van der Waals surface area contributed by atoms with Crippen LogP contribution in [0, 0.1) is 0 Å². The van der Waals surface area contributed by atoms with E-state index in [0.29, 0.717) is 17.7 Å². The molecule has 1 aliphatic heterocycles. The molecule has 0 aromatic heterocycles. The van der Waals surface area contributed by atoms with Gasteiger partial charge in [0.1, 0.15) is 0 Å². The fourth-order valence-electron chi connectivity index (χ4n) is 3.17. The molecule has 4 rings (SSSR count). The predicted octanol–water partition coefficient (Wildman–Crippen LogP) is 4.62. The Morgan fingerprint density at radius 3 is 2.12 bits per heavy atom. The molecular weight excluding hydrogens is 330 g/mol. The van der Waals surface area contributed by atoms with Gasteiger partial charge in [0.15, 0.2) is 0 Å². The number of carbonyl (C=O) groups excluding carboxylic acids is 2. The summed E-state index contributed by atoms with van der Waals surface area (Å²) >= 11 is 1.68. The maximum absolute atomic E-state index is 12.5. The standard InChI is InChI=1S/C21H17NO2S/c1-14(25-17-11-10-15-6-2-3-7-16(15)12-17)13-22-20(23)18-8-4-5-9-19(18)21(22)24/h2-12,14H,13H2,1H3. The van der Waals surface area contributed by atoms with E-state index in [2.05, 4.69) is 30.3 Å². The zero-order chi connectivity index (χ0) is 17.4. The number of hydrogen-bond donors (Lipinski definition) is 0. The molecule has 0 N–H and O–H groups in total. The van der Waals surface area contributed by atoms with Gasteiger partial charge in [-0.25, -0.2) is 0 Å². The normalized spacial score (nSPS) is 14.8. The first kappa shape index (κ1) is 15.9. The van der Waals surface area contributed by atoms with Gasteiger partial charge in [0.05, 0.1) is 11.1 Å². The molecule has 0 saturated heterocycles.